The van der Waals surface area contributed by atoms with Crippen LogP contribution in [0, 0.1) is 5.82 Å². The minimum Gasteiger partial charge on any atom is -0.479 e. The zero-order chi connectivity index (χ0) is 18.4. The van der Waals surface area contributed by atoms with Crippen LogP contribution < -0.4 is 5.32 Å². The summed E-state index contributed by atoms with van der Waals surface area (Å²) in [6.45, 7) is 0.248. The summed E-state index contributed by atoms with van der Waals surface area (Å²) in [6.07, 6.45) is 3.96. The number of aromatic nitrogens is 2. The summed E-state index contributed by atoms with van der Waals surface area (Å²) in [5.74, 6) is -0.965. The van der Waals surface area contributed by atoms with Crippen LogP contribution in [0.4, 0.5) is 8.78 Å². The summed E-state index contributed by atoms with van der Waals surface area (Å²) in [6, 6.07) is 1.29. The number of pyridine rings is 1. The molecule has 1 atom stereocenters. The fraction of sp³-hybridized carbons (Fsp3) is 0.400. The summed E-state index contributed by atoms with van der Waals surface area (Å²) < 4.78 is 33.2. The number of carbonyl (C=O) groups is 1. The Bertz CT molecular complexity index is 780. The van der Waals surface area contributed by atoms with Gasteiger partial charge in [-0.1, -0.05) is 22.6 Å². The Hall–Kier alpha value is -1.05. The summed E-state index contributed by atoms with van der Waals surface area (Å²) in [4.78, 5) is 20.2. The van der Waals surface area contributed by atoms with E-state index < -0.39 is 15.4 Å². The molecule has 0 saturated carbocycles. The third kappa shape index (κ3) is 5.46. The fourth-order valence-corrected chi connectivity index (χ4v) is 2.76. The molecule has 136 valence electrons. The third-order valence-electron chi connectivity index (χ3n) is 3.27. The number of rotatable bonds is 8. The van der Waals surface area contributed by atoms with Crippen molar-refractivity contribution >= 4 is 63.1 Å². The van der Waals surface area contributed by atoms with Crippen LogP contribution in [0.2, 0.25) is 0 Å². The summed E-state index contributed by atoms with van der Waals surface area (Å²) in [5.41, 5.74) is 1.07. The van der Waals surface area contributed by atoms with Gasteiger partial charge in [-0.3, -0.25) is 14.2 Å². The first kappa shape index (κ1) is 20.3. The van der Waals surface area contributed by atoms with Crippen molar-refractivity contribution < 1.29 is 18.3 Å². The first-order chi connectivity index (χ1) is 11.9. The molecule has 1 amide bonds. The van der Waals surface area contributed by atoms with E-state index in [-0.39, 0.29) is 25.3 Å². The number of hydrogen-bond donors (Lipinski definition) is 1. The Morgan fingerprint density at radius 1 is 1.60 bits per heavy atom. The highest BCUT2D eigenvalue weighted by molar-refractivity contribution is 14.1. The Kier molecular flexibility index (Phi) is 7.34. The van der Waals surface area contributed by atoms with Gasteiger partial charge in [0.05, 0.1) is 6.20 Å². The lowest BCUT2D eigenvalue weighted by molar-refractivity contribution is 0.0944. The highest BCUT2D eigenvalue weighted by atomic mass is 127. The standard InChI is InChI=1S/C15H16F2I2N4O2/c1-20-9-25-7-10-4-11(16)6-23-12(5-22-13(10)23)14(24)21-3-2-15(17,19)8-18/h4-6,9H,2-3,7-8H2,1H3,(H,21,24)/b20-9-. The second-order valence-electron chi connectivity index (χ2n) is 5.19. The number of nitrogens with one attached hydrogen (secondary N) is 1. The lowest BCUT2D eigenvalue weighted by atomic mass is 10.2. The van der Waals surface area contributed by atoms with Gasteiger partial charge >= 0.3 is 0 Å². The third-order valence-corrected chi connectivity index (χ3v) is 6.86. The number of aliphatic imine (C=N–C) groups is 1. The molecule has 10 heteroatoms. The largest absolute Gasteiger partial charge is 0.479 e. The summed E-state index contributed by atoms with van der Waals surface area (Å²) in [7, 11) is 1.55. The van der Waals surface area contributed by atoms with E-state index in [4.69, 9.17) is 4.74 Å². The van der Waals surface area contributed by atoms with Gasteiger partial charge < -0.3 is 10.1 Å². The fourth-order valence-electron chi connectivity index (χ4n) is 2.11. The number of halogens is 4. The minimum absolute atomic E-state index is 0.0749. The average molecular weight is 576 g/mol. The van der Waals surface area contributed by atoms with Crippen LogP contribution in [0.15, 0.2) is 23.5 Å². The van der Waals surface area contributed by atoms with Crippen LogP contribution in [0.1, 0.15) is 22.5 Å². The number of ether oxygens (including phenoxy) is 1. The number of hydrogen-bond acceptors (Lipinski definition) is 4. The van der Waals surface area contributed by atoms with Gasteiger partial charge in [-0.15, -0.1) is 0 Å². The zero-order valence-electron chi connectivity index (χ0n) is 13.3. The Balaban J connectivity index is 2.17. The van der Waals surface area contributed by atoms with Crippen molar-refractivity contribution in [2.24, 2.45) is 4.99 Å². The molecule has 0 aliphatic heterocycles. The molecule has 0 fully saturated rings. The molecule has 2 rings (SSSR count). The number of carbonyl (C=O) groups excluding carboxylic acids is 1. The molecule has 0 aliphatic carbocycles. The molecule has 0 saturated heterocycles. The Morgan fingerprint density at radius 2 is 2.36 bits per heavy atom. The lowest BCUT2D eigenvalue weighted by Gasteiger charge is -2.15. The number of amides is 1. The van der Waals surface area contributed by atoms with E-state index in [9.17, 15) is 13.6 Å². The van der Waals surface area contributed by atoms with Gasteiger partial charge in [0.2, 0.25) is 0 Å². The number of imidazole rings is 1. The molecule has 6 nitrogen and oxygen atoms in total. The molecular formula is C15H16F2I2N4O2. The molecule has 2 aromatic rings. The monoisotopic (exact) mass is 576 g/mol. The van der Waals surface area contributed by atoms with Gasteiger partial charge in [-0.05, 0) is 28.7 Å². The van der Waals surface area contributed by atoms with Gasteiger partial charge in [0.1, 0.15) is 23.8 Å². The maximum absolute atomic E-state index is 13.9. The predicted octanol–water partition coefficient (Wildman–Crippen LogP) is 3.30. The maximum atomic E-state index is 13.9. The highest BCUT2D eigenvalue weighted by Crippen LogP contribution is 2.27. The quantitative estimate of drug-likeness (QED) is 0.227. The minimum atomic E-state index is -1.37. The number of alkyl halides is 3. The highest BCUT2D eigenvalue weighted by Gasteiger charge is 2.24. The van der Waals surface area contributed by atoms with E-state index in [2.05, 4.69) is 15.3 Å². The summed E-state index contributed by atoms with van der Waals surface area (Å²) in [5, 5.41) is 2.64. The van der Waals surface area contributed by atoms with Crippen molar-refractivity contribution in [2.45, 2.75) is 16.7 Å². The second-order valence-corrected chi connectivity index (χ2v) is 7.89. The molecule has 0 aliphatic rings. The first-order valence-electron chi connectivity index (χ1n) is 7.27. The lowest BCUT2D eigenvalue weighted by Crippen LogP contribution is -2.30. The molecule has 0 aromatic carbocycles. The van der Waals surface area contributed by atoms with Gasteiger partial charge in [-0.25, -0.2) is 13.8 Å². The van der Waals surface area contributed by atoms with Crippen LogP contribution in [0.3, 0.4) is 0 Å². The van der Waals surface area contributed by atoms with Gasteiger partial charge in [-0.2, -0.15) is 0 Å². The first-order valence-corrected chi connectivity index (χ1v) is 9.88. The van der Waals surface area contributed by atoms with E-state index in [1.165, 1.54) is 29.3 Å². The number of fused-ring (bicyclic) bond motifs is 1. The van der Waals surface area contributed by atoms with Crippen LogP contribution in [0.5, 0.6) is 0 Å². The molecule has 1 N–H and O–H groups in total. The van der Waals surface area contributed by atoms with Gasteiger partial charge in [0, 0.05) is 36.2 Å². The zero-order valence-corrected chi connectivity index (χ0v) is 17.6. The molecule has 2 heterocycles. The SMILES string of the molecule is C/N=C\OCc1cc(F)cn2c(C(=O)NCCC(F)(I)CI)cnc12. The van der Waals surface area contributed by atoms with Crippen LogP contribution in [-0.2, 0) is 11.3 Å². The Morgan fingerprint density at radius 3 is 3.04 bits per heavy atom. The smallest absolute Gasteiger partial charge is 0.269 e. The molecule has 1 unspecified atom stereocenters. The van der Waals surface area contributed by atoms with Crippen molar-refractivity contribution in [3.63, 3.8) is 0 Å². The second kappa shape index (κ2) is 9.05. The maximum Gasteiger partial charge on any atom is 0.269 e. The predicted molar refractivity (Wildman–Crippen MR) is 108 cm³/mol. The molecule has 0 bridgehead atoms. The van der Waals surface area contributed by atoms with Crippen molar-refractivity contribution in [1.29, 1.82) is 0 Å². The molecule has 2 aromatic heterocycles. The van der Waals surface area contributed by atoms with E-state index in [0.29, 0.717) is 15.6 Å². The van der Waals surface area contributed by atoms with E-state index >= 15 is 0 Å². The van der Waals surface area contributed by atoms with Crippen LogP contribution >= 0.6 is 45.2 Å². The van der Waals surface area contributed by atoms with Crippen molar-refractivity contribution in [1.82, 2.24) is 14.7 Å². The van der Waals surface area contributed by atoms with Crippen molar-refractivity contribution in [3.05, 3.63) is 35.5 Å². The van der Waals surface area contributed by atoms with Crippen molar-refractivity contribution in [2.75, 3.05) is 18.0 Å². The molecule has 25 heavy (non-hydrogen) atoms. The van der Waals surface area contributed by atoms with Gasteiger partial charge in [0.25, 0.3) is 5.91 Å². The topological polar surface area (TPSA) is 68.0 Å². The molecule has 0 spiro atoms. The van der Waals surface area contributed by atoms with E-state index in [1.54, 1.807) is 29.6 Å². The van der Waals surface area contributed by atoms with Crippen LogP contribution in [-0.4, -0.2) is 43.4 Å². The molecule has 0 radical (unpaired) electrons. The van der Waals surface area contributed by atoms with Crippen molar-refractivity contribution in [3.8, 4) is 0 Å². The average Bonchev–Trinajstić information content (AvgIpc) is 2.98. The summed E-state index contributed by atoms with van der Waals surface area (Å²) >= 11 is 3.68. The Labute approximate surface area is 170 Å². The molecular weight excluding hydrogens is 560 g/mol. The normalized spacial score (nSPS) is 14.0. The van der Waals surface area contributed by atoms with Crippen LogP contribution in [0.25, 0.3) is 5.65 Å². The van der Waals surface area contributed by atoms with Gasteiger partial charge in [0.15, 0.2) is 10.1 Å². The van der Waals surface area contributed by atoms with E-state index in [1.807, 2.05) is 22.6 Å². The number of nitrogens with zero attached hydrogens (tertiary/aromatic N) is 3. The van der Waals surface area contributed by atoms with E-state index in [0.717, 1.165) is 0 Å².